The monoisotopic (exact) mass is 325 g/mol. The minimum absolute atomic E-state index is 0.180. The van der Waals surface area contributed by atoms with E-state index in [-0.39, 0.29) is 11.6 Å². The zero-order chi connectivity index (χ0) is 17.5. The highest BCUT2D eigenvalue weighted by molar-refractivity contribution is 5.97. The Morgan fingerprint density at radius 1 is 1.17 bits per heavy atom. The number of rotatable bonds is 3. The molecule has 3 nitrogen and oxygen atoms in total. The summed E-state index contributed by atoms with van der Waals surface area (Å²) in [6.07, 6.45) is 2.68. The molecule has 0 bridgehead atoms. The molecule has 0 saturated carbocycles. The second-order valence-corrected chi connectivity index (χ2v) is 7.50. The van der Waals surface area contributed by atoms with Gasteiger partial charge in [-0.05, 0) is 39.0 Å². The van der Waals surface area contributed by atoms with Crippen molar-refractivity contribution in [3.8, 4) is 11.5 Å². The van der Waals surface area contributed by atoms with E-state index in [9.17, 15) is 4.79 Å². The van der Waals surface area contributed by atoms with E-state index in [4.69, 9.17) is 9.47 Å². The van der Waals surface area contributed by atoms with Crippen LogP contribution >= 0.6 is 0 Å². The second kappa shape index (κ2) is 6.12. The van der Waals surface area contributed by atoms with Crippen LogP contribution < -0.4 is 9.47 Å². The Kier molecular flexibility index (Phi) is 4.29. The van der Waals surface area contributed by atoms with Crippen molar-refractivity contribution in [3.63, 3.8) is 0 Å². The largest absolute Gasteiger partial charge is 0.487 e. The van der Waals surface area contributed by atoms with E-state index in [0.29, 0.717) is 5.75 Å². The molecule has 2 aromatic rings. The lowest BCUT2D eigenvalue weighted by Crippen LogP contribution is -2.33. The molecule has 0 spiro atoms. The van der Waals surface area contributed by atoms with Crippen molar-refractivity contribution in [2.75, 3.05) is 0 Å². The van der Waals surface area contributed by atoms with E-state index in [0.717, 1.165) is 41.3 Å². The number of carbonyl (C=O) groups is 1. The van der Waals surface area contributed by atoms with Crippen LogP contribution in [0.15, 0.2) is 24.3 Å². The van der Waals surface area contributed by atoms with Gasteiger partial charge >= 0.3 is 5.97 Å². The molecular weight excluding hydrogens is 300 g/mol. The summed E-state index contributed by atoms with van der Waals surface area (Å²) < 4.78 is 12.0. The van der Waals surface area contributed by atoms with Crippen LogP contribution in [-0.2, 0) is 17.6 Å². The third kappa shape index (κ3) is 3.12. The first-order valence-electron chi connectivity index (χ1n) is 8.51. The predicted octanol–water partition coefficient (Wildman–Crippen LogP) is 5.03. The van der Waals surface area contributed by atoms with Gasteiger partial charge in [-0.25, -0.2) is 0 Å². The first-order valence-corrected chi connectivity index (χ1v) is 8.51. The van der Waals surface area contributed by atoms with Crippen LogP contribution in [0.2, 0.25) is 0 Å². The topological polar surface area (TPSA) is 35.5 Å². The summed E-state index contributed by atoms with van der Waals surface area (Å²) in [5.74, 6) is 2.65. The van der Waals surface area contributed by atoms with E-state index in [1.54, 1.807) is 0 Å². The molecule has 1 radical (unpaired) electrons. The average molecular weight is 325 g/mol. The Labute approximate surface area is 144 Å². The molecule has 0 unspecified atom stereocenters. The molecule has 0 N–H and O–H groups in total. The Bertz CT molecular complexity index is 787. The van der Waals surface area contributed by atoms with Crippen LogP contribution in [0.4, 0.5) is 0 Å². The lowest BCUT2D eigenvalue weighted by molar-refractivity contribution is -0.131. The van der Waals surface area contributed by atoms with E-state index in [1.807, 2.05) is 18.2 Å². The van der Waals surface area contributed by atoms with E-state index in [1.165, 1.54) is 18.4 Å². The quantitative estimate of drug-likeness (QED) is 0.587. The Hall–Kier alpha value is -2.03. The molecule has 127 valence electrons. The Balaban J connectivity index is 2.33. The van der Waals surface area contributed by atoms with Gasteiger partial charge in [-0.2, -0.15) is 0 Å². The fourth-order valence-electron chi connectivity index (χ4n) is 3.41. The summed E-state index contributed by atoms with van der Waals surface area (Å²) in [6, 6.07) is 8.03. The molecule has 3 rings (SSSR count). The van der Waals surface area contributed by atoms with Gasteiger partial charge in [0.1, 0.15) is 17.1 Å². The van der Waals surface area contributed by atoms with E-state index >= 15 is 0 Å². The van der Waals surface area contributed by atoms with Gasteiger partial charge < -0.3 is 9.47 Å². The number of hydrogen-bond donors (Lipinski definition) is 0. The highest BCUT2D eigenvalue weighted by Crippen LogP contribution is 2.46. The third-order valence-corrected chi connectivity index (χ3v) is 4.46. The Morgan fingerprint density at radius 2 is 1.83 bits per heavy atom. The number of hydrogen-bond acceptors (Lipinski definition) is 3. The lowest BCUT2D eigenvalue weighted by Gasteiger charge is -2.35. The van der Waals surface area contributed by atoms with Gasteiger partial charge in [0.25, 0.3) is 0 Å². The van der Waals surface area contributed by atoms with Crippen molar-refractivity contribution in [1.82, 2.24) is 0 Å². The number of ether oxygens (including phenoxy) is 2. The van der Waals surface area contributed by atoms with Crippen molar-refractivity contribution in [1.29, 1.82) is 0 Å². The maximum absolute atomic E-state index is 11.7. The SMILES string of the molecule is C[C](C)Cc1c2c(c3ccccc3c1OC(C)=O)OC(C)(C)CC2. The maximum atomic E-state index is 11.7. The van der Waals surface area contributed by atoms with Crippen LogP contribution in [0.3, 0.4) is 0 Å². The van der Waals surface area contributed by atoms with Crippen LogP contribution in [0.5, 0.6) is 11.5 Å². The zero-order valence-corrected chi connectivity index (χ0v) is 15.2. The molecule has 0 aliphatic carbocycles. The molecule has 0 aromatic heterocycles. The number of fused-ring (bicyclic) bond motifs is 3. The highest BCUT2D eigenvalue weighted by Gasteiger charge is 2.32. The fraction of sp³-hybridized carbons (Fsp3) is 0.429. The Morgan fingerprint density at radius 3 is 2.46 bits per heavy atom. The summed E-state index contributed by atoms with van der Waals surface area (Å²) in [7, 11) is 0. The number of carbonyl (C=O) groups excluding carboxylic acids is 1. The van der Waals surface area contributed by atoms with Crippen molar-refractivity contribution in [3.05, 3.63) is 41.3 Å². The molecule has 3 heteroatoms. The molecule has 24 heavy (non-hydrogen) atoms. The second-order valence-electron chi connectivity index (χ2n) is 7.50. The molecule has 1 aliphatic heterocycles. The lowest BCUT2D eigenvalue weighted by atomic mass is 9.85. The van der Waals surface area contributed by atoms with Crippen LogP contribution in [0.25, 0.3) is 10.8 Å². The minimum Gasteiger partial charge on any atom is -0.487 e. The van der Waals surface area contributed by atoms with Crippen LogP contribution in [0.1, 0.15) is 52.2 Å². The fourth-order valence-corrected chi connectivity index (χ4v) is 3.41. The van der Waals surface area contributed by atoms with E-state index in [2.05, 4.69) is 33.8 Å². The van der Waals surface area contributed by atoms with Crippen molar-refractivity contribution in [2.45, 2.75) is 59.5 Å². The maximum Gasteiger partial charge on any atom is 0.308 e. The molecule has 1 aliphatic rings. The summed E-state index contributed by atoms with van der Waals surface area (Å²) in [5.41, 5.74) is 2.10. The molecule has 2 aromatic carbocycles. The summed E-state index contributed by atoms with van der Waals surface area (Å²) in [6.45, 7) is 9.92. The standard InChI is InChI=1S/C21H25O3/c1-13(2)12-18-17-10-11-21(4,5)24-20(17)16-9-7-6-8-15(16)19(18)23-14(3)22/h6-9H,10-12H2,1-5H3. The average Bonchev–Trinajstić information content (AvgIpc) is 2.49. The number of benzene rings is 2. The van der Waals surface area contributed by atoms with Gasteiger partial charge in [0, 0.05) is 28.8 Å². The zero-order valence-electron chi connectivity index (χ0n) is 15.2. The first kappa shape index (κ1) is 16.8. The van der Waals surface area contributed by atoms with Crippen molar-refractivity contribution in [2.24, 2.45) is 0 Å². The van der Waals surface area contributed by atoms with Gasteiger partial charge in [0.2, 0.25) is 0 Å². The first-order chi connectivity index (χ1) is 11.3. The number of esters is 1. The van der Waals surface area contributed by atoms with Gasteiger partial charge in [0.15, 0.2) is 0 Å². The van der Waals surface area contributed by atoms with Gasteiger partial charge in [-0.15, -0.1) is 0 Å². The normalized spacial score (nSPS) is 15.9. The van der Waals surface area contributed by atoms with Crippen molar-refractivity contribution >= 4 is 16.7 Å². The molecule has 0 atom stereocenters. The summed E-state index contributed by atoms with van der Waals surface area (Å²) in [5, 5.41) is 1.97. The van der Waals surface area contributed by atoms with Gasteiger partial charge in [-0.3, -0.25) is 4.79 Å². The van der Waals surface area contributed by atoms with E-state index < -0.39 is 0 Å². The highest BCUT2D eigenvalue weighted by atomic mass is 16.5. The van der Waals surface area contributed by atoms with Gasteiger partial charge in [-0.1, -0.05) is 38.1 Å². The van der Waals surface area contributed by atoms with Crippen LogP contribution in [0, 0.1) is 5.92 Å². The summed E-state index contributed by atoms with van der Waals surface area (Å²) >= 11 is 0. The minimum atomic E-state index is -0.285. The van der Waals surface area contributed by atoms with Crippen molar-refractivity contribution < 1.29 is 14.3 Å². The smallest absolute Gasteiger partial charge is 0.308 e. The third-order valence-electron chi connectivity index (χ3n) is 4.46. The van der Waals surface area contributed by atoms with Gasteiger partial charge in [0.05, 0.1) is 0 Å². The van der Waals surface area contributed by atoms with Crippen LogP contribution in [-0.4, -0.2) is 11.6 Å². The molecular formula is C21H25O3. The summed E-state index contributed by atoms with van der Waals surface area (Å²) in [4.78, 5) is 11.7. The molecule has 0 fully saturated rings. The molecule has 0 amide bonds. The molecule has 1 heterocycles. The predicted molar refractivity (Wildman–Crippen MR) is 96.6 cm³/mol. The molecule has 0 saturated heterocycles.